The van der Waals surface area contributed by atoms with E-state index in [-0.39, 0.29) is 11.7 Å². The number of nitrogens with one attached hydrogen (secondary N) is 1. The number of imidazole rings is 1. The zero-order valence-corrected chi connectivity index (χ0v) is 13.3. The molecule has 2 N–H and O–H groups in total. The van der Waals surface area contributed by atoms with Crippen molar-refractivity contribution in [2.75, 3.05) is 5.32 Å². The first kappa shape index (κ1) is 15.0. The molecule has 1 heterocycles. The number of aromatic hydroxyl groups is 1. The molecule has 0 aliphatic carbocycles. The van der Waals surface area contributed by atoms with E-state index in [0.717, 1.165) is 16.7 Å². The molecule has 3 aromatic carbocycles. The van der Waals surface area contributed by atoms with Crippen molar-refractivity contribution < 1.29 is 9.90 Å². The highest BCUT2D eigenvalue weighted by Gasteiger charge is 2.09. The minimum absolute atomic E-state index is 0.0392. The van der Waals surface area contributed by atoms with Crippen LogP contribution in [0.5, 0.6) is 5.75 Å². The van der Waals surface area contributed by atoms with Crippen molar-refractivity contribution in [2.45, 2.75) is 0 Å². The summed E-state index contributed by atoms with van der Waals surface area (Å²) in [5.74, 6) is -0.235. The van der Waals surface area contributed by atoms with E-state index in [2.05, 4.69) is 10.3 Å². The number of hydrogen-bond acceptors (Lipinski definition) is 3. The summed E-state index contributed by atoms with van der Waals surface area (Å²) in [6.07, 6.45) is 1.77. The van der Waals surface area contributed by atoms with E-state index < -0.39 is 0 Å². The smallest absolute Gasteiger partial charge is 0.255 e. The molecule has 0 aliphatic heterocycles. The Morgan fingerprint density at radius 1 is 0.920 bits per heavy atom. The van der Waals surface area contributed by atoms with Crippen molar-refractivity contribution in [3.05, 3.63) is 84.7 Å². The SMILES string of the molecule is O=C(Nc1ccccc1O)c1ccc(-n2cnc3ccccc32)cc1. The van der Waals surface area contributed by atoms with Crippen LogP contribution in [0, 0.1) is 0 Å². The van der Waals surface area contributed by atoms with Gasteiger partial charge in [-0.3, -0.25) is 9.36 Å². The molecule has 0 unspecified atom stereocenters. The highest BCUT2D eigenvalue weighted by Crippen LogP contribution is 2.23. The van der Waals surface area contributed by atoms with Gasteiger partial charge in [0.2, 0.25) is 0 Å². The molecule has 0 aliphatic rings. The van der Waals surface area contributed by atoms with Crippen LogP contribution >= 0.6 is 0 Å². The molecule has 5 heteroatoms. The number of carbonyl (C=O) groups is 1. The minimum atomic E-state index is -0.275. The Morgan fingerprint density at radius 2 is 1.64 bits per heavy atom. The van der Waals surface area contributed by atoms with Gasteiger partial charge >= 0.3 is 0 Å². The highest BCUT2D eigenvalue weighted by atomic mass is 16.3. The molecule has 4 aromatic rings. The topological polar surface area (TPSA) is 67.2 Å². The third kappa shape index (κ3) is 2.83. The lowest BCUT2D eigenvalue weighted by molar-refractivity contribution is 0.102. The molecule has 0 fully saturated rings. The number of phenolic OH excluding ortho intramolecular Hbond substituents is 1. The Labute approximate surface area is 144 Å². The van der Waals surface area contributed by atoms with Gasteiger partial charge in [-0.15, -0.1) is 0 Å². The van der Waals surface area contributed by atoms with Gasteiger partial charge in [0.25, 0.3) is 5.91 Å². The molecule has 0 spiro atoms. The Bertz CT molecular complexity index is 1050. The zero-order valence-electron chi connectivity index (χ0n) is 13.3. The van der Waals surface area contributed by atoms with Crippen LogP contribution in [0.4, 0.5) is 5.69 Å². The van der Waals surface area contributed by atoms with Crippen molar-refractivity contribution in [1.29, 1.82) is 0 Å². The molecule has 0 saturated carbocycles. The first-order valence-corrected chi connectivity index (χ1v) is 7.84. The van der Waals surface area contributed by atoms with Crippen LogP contribution in [-0.4, -0.2) is 20.6 Å². The summed E-state index contributed by atoms with van der Waals surface area (Å²) in [5, 5.41) is 12.5. The molecule has 4 rings (SSSR count). The Balaban J connectivity index is 1.60. The van der Waals surface area contributed by atoms with Gasteiger partial charge in [0, 0.05) is 11.3 Å². The highest BCUT2D eigenvalue weighted by molar-refractivity contribution is 6.05. The largest absolute Gasteiger partial charge is 0.506 e. The lowest BCUT2D eigenvalue weighted by Gasteiger charge is -2.08. The number of amides is 1. The van der Waals surface area contributed by atoms with Crippen molar-refractivity contribution >= 4 is 22.6 Å². The standard InChI is InChI=1S/C20H15N3O2/c24-19-8-4-2-6-17(19)22-20(25)14-9-11-15(12-10-14)23-13-21-16-5-1-3-7-18(16)23/h1-13,24H,(H,22,25). The van der Waals surface area contributed by atoms with Crippen LogP contribution < -0.4 is 5.32 Å². The second kappa shape index (κ2) is 6.13. The van der Waals surface area contributed by atoms with E-state index in [1.807, 2.05) is 41.0 Å². The summed E-state index contributed by atoms with van der Waals surface area (Å²) in [6.45, 7) is 0. The number of hydrogen-bond donors (Lipinski definition) is 2. The third-order valence-electron chi connectivity index (χ3n) is 4.01. The maximum absolute atomic E-state index is 12.3. The van der Waals surface area contributed by atoms with Crippen molar-refractivity contribution in [2.24, 2.45) is 0 Å². The molecule has 0 bridgehead atoms. The van der Waals surface area contributed by atoms with E-state index in [0.29, 0.717) is 11.3 Å². The minimum Gasteiger partial charge on any atom is -0.506 e. The first-order valence-electron chi connectivity index (χ1n) is 7.84. The van der Waals surface area contributed by atoms with Crippen LogP contribution in [0.3, 0.4) is 0 Å². The van der Waals surface area contributed by atoms with Gasteiger partial charge in [-0.05, 0) is 48.5 Å². The van der Waals surface area contributed by atoms with Crippen LogP contribution in [0.2, 0.25) is 0 Å². The predicted molar refractivity (Wildman–Crippen MR) is 97.1 cm³/mol. The fourth-order valence-electron chi connectivity index (χ4n) is 2.71. The van der Waals surface area contributed by atoms with Gasteiger partial charge in [-0.25, -0.2) is 4.98 Å². The molecule has 25 heavy (non-hydrogen) atoms. The number of aromatic nitrogens is 2. The summed E-state index contributed by atoms with van der Waals surface area (Å²) in [6, 6.07) is 21.8. The fourth-order valence-corrected chi connectivity index (χ4v) is 2.71. The molecule has 1 amide bonds. The molecule has 1 aromatic heterocycles. The zero-order chi connectivity index (χ0) is 17.2. The molecule has 5 nitrogen and oxygen atoms in total. The second-order valence-corrected chi connectivity index (χ2v) is 5.62. The van der Waals surface area contributed by atoms with Crippen LogP contribution in [0.25, 0.3) is 16.7 Å². The number of anilines is 1. The molecular formula is C20H15N3O2. The number of rotatable bonds is 3. The van der Waals surface area contributed by atoms with Crippen molar-refractivity contribution in [3.8, 4) is 11.4 Å². The molecule has 0 radical (unpaired) electrons. The van der Waals surface area contributed by atoms with E-state index in [4.69, 9.17) is 0 Å². The lowest BCUT2D eigenvalue weighted by Crippen LogP contribution is -2.12. The quantitative estimate of drug-likeness (QED) is 0.559. The van der Waals surface area contributed by atoms with Crippen LogP contribution in [-0.2, 0) is 0 Å². The van der Waals surface area contributed by atoms with Gasteiger partial charge in [-0.1, -0.05) is 24.3 Å². The summed E-state index contributed by atoms with van der Waals surface area (Å²) in [7, 11) is 0. The van der Waals surface area contributed by atoms with Gasteiger partial charge in [0.15, 0.2) is 0 Å². The summed E-state index contributed by atoms with van der Waals surface area (Å²) in [4.78, 5) is 16.7. The Morgan fingerprint density at radius 3 is 2.44 bits per heavy atom. The van der Waals surface area contributed by atoms with Crippen molar-refractivity contribution in [1.82, 2.24) is 9.55 Å². The van der Waals surface area contributed by atoms with Gasteiger partial charge < -0.3 is 10.4 Å². The molecule has 122 valence electrons. The first-order chi connectivity index (χ1) is 12.2. The number of phenols is 1. The molecule has 0 atom stereocenters. The number of fused-ring (bicyclic) bond motifs is 1. The number of para-hydroxylation sites is 4. The van der Waals surface area contributed by atoms with E-state index in [1.165, 1.54) is 6.07 Å². The predicted octanol–water partition coefficient (Wildman–Crippen LogP) is 3.98. The summed E-state index contributed by atoms with van der Waals surface area (Å²) >= 11 is 0. The summed E-state index contributed by atoms with van der Waals surface area (Å²) < 4.78 is 1.97. The van der Waals surface area contributed by atoms with E-state index >= 15 is 0 Å². The number of carbonyl (C=O) groups excluding carboxylic acids is 1. The average Bonchev–Trinajstić information content (AvgIpc) is 3.08. The molecule has 0 saturated heterocycles. The Hall–Kier alpha value is -3.60. The third-order valence-corrected chi connectivity index (χ3v) is 4.01. The maximum Gasteiger partial charge on any atom is 0.255 e. The lowest BCUT2D eigenvalue weighted by atomic mass is 10.1. The van der Waals surface area contributed by atoms with Gasteiger partial charge in [0.1, 0.15) is 12.1 Å². The average molecular weight is 329 g/mol. The van der Waals surface area contributed by atoms with E-state index in [9.17, 15) is 9.90 Å². The molecular weight excluding hydrogens is 314 g/mol. The number of benzene rings is 3. The van der Waals surface area contributed by atoms with Crippen molar-refractivity contribution in [3.63, 3.8) is 0 Å². The second-order valence-electron chi connectivity index (χ2n) is 5.62. The van der Waals surface area contributed by atoms with Gasteiger partial charge in [-0.2, -0.15) is 0 Å². The Kier molecular flexibility index (Phi) is 3.67. The van der Waals surface area contributed by atoms with Crippen LogP contribution in [0.1, 0.15) is 10.4 Å². The number of nitrogens with zero attached hydrogens (tertiary/aromatic N) is 2. The van der Waals surface area contributed by atoms with Gasteiger partial charge in [0.05, 0.1) is 16.7 Å². The fraction of sp³-hybridized carbons (Fsp3) is 0. The van der Waals surface area contributed by atoms with E-state index in [1.54, 1.807) is 36.7 Å². The normalized spacial score (nSPS) is 10.7. The van der Waals surface area contributed by atoms with Crippen LogP contribution in [0.15, 0.2) is 79.1 Å². The summed E-state index contributed by atoms with van der Waals surface area (Å²) in [5.41, 5.74) is 3.75. The monoisotopic (exact) mass is 329 g/mol. The maximum atomic E-state index is 12.3.